The van der Waals surface area contributed by atoms with Crippen LogP contribution < -0.4 is 26.4 Å². The third kappa shape index (κ3) is 30.1. The molecule has 6 N–H and O–H groups in total. The minimum absolute atomic E-state index is 0. The predicted molar refractivity (Wildman–Crippen MR) is 152 cm³/mol. The van der Waals surface area contributed by atoms with Crippen molar-refractivity contribution < 1.29 is 8.42 Å². The van der Waals surface area contributed by atoms with Crippen LogP contribution in [0.1, 0.15) is 103 Å². The smallest absolute Gasteiger partial charge is 0.211 e. The molecule has 0 fully saturated rings. The number of nitrogens with two attached hydrogens (primary N) is 1. The van der Waals surface area contributed by atoms with Crippen molar-refractivity contribution in [2.24, 2.45) is 5.73 Å². The van der Waals surface area contributed by atoms with Gasteiger partial charge in [0.1, 0.15) is 0 Å². The van der Waals surface area contributed by atoms with Crippen molar-refractivity contribution in [3.8, 4) is 0 Å². The van der Waals surface area contributed by atoms with Crippen LogP contribution >= 0.6 is 12.4 Å². The van der Waals surface area contributed by atoms with Crippen molar-refractivity contribution in [1.29, 1.82) is 0 Å². The summed E-state index contributed by atoms with van der Waals surface area (Å²) >= 11 is 0. The minimum Gasteiger partial charge on any atom is -0.330 e. The standard InChI is InChI=1S/C25H57N5O2S.ClH/c1-2-3-4-5-6-7-8-9-10-13-25-33(31,32)30-24-16-23-29-22-15-21-28-19-12-11-18-27-20-14-17-26;/h27-30H,2-26H2,1H3;1H. The molecule has 0 aromatic carbocycles. The maximum absolute atomic E-state index is 12.1. The fourth-order valence-corrected chi connectivity index (χ4v) is 4.92. The van der Waals surface area contributed by atoms with E-state index in [0.29, 0.717) is 6.54 Å². The Morgan fingerprint density at radius 3 is 1.44 bits per heavy atom. The van der Waals surface area contributed by atoms with Crippen LogP contribution in [0, 0.1) is 0 Å². The van der Waals surface area contributed by atoms with Gasteiger partial charge in [0, 0.05) is 6.54 Å². The lowest BCUT2D eigenvalue weighted by atomic mass is 10.1. The lowest BCUT2D eigenvalue weighted by molar-refractivity contribution is 0.546. The van der Waals surface area contributed by atoms with E-state index in [9.17, 15) is 8.42 Å². The summed E-state index contributed by atoms with van der Waals surface area (Å²) < 4.78 is 26.9. The Labute approximate surface area is 218 Å². The molecular weight excluding hydrogens is 470 g/mol. The van der Waals surface area contributed by atoms with Crippen LogP contribution in [0.15, 0.2) is 0 Å². The van der Waals surface area contributed by atoms with E-state index in [-0.39, 0.29) is 18.2 Å². The first-order valence-corrected chi connectivity index (χ1v) is 15.6. The Hall–Kier alpha value is 0.0400. The summed E-state index contributed by atoms with van der Waals surface area (Å²) in [5.74, 6) is 0.270. The van der Waals surface area contributed by atoms with Gasteiger partial charge in [0.15, 0.2) is 0 Å². The van der Waals surface area contributed by atoms with Gasteiger partial charge < -0.3 is 21.7 Å². The SMILES string of the molecule is CCCCCCCCCCCCS(=O)(=O)NCCCNCCCNCCCCNCCCN.Cl. The van der Waals surface area contributed by atoms with Gasteiger partial charge in [-0.05, 0) is 84.3 Å². The number of nitrogens with one attached hydrogen (secondary N) is 4. The summed E-state index contributed by atoms with van der Waals surface area (Å²) in [6.45, 7) is 9.56. The molecule has 0 aliphatic carbocycles. The largest absolute Gasteiger partial charge is 0.330 e. The molecule has 34 heavy (non-hydrogen) atoms. The molecule has 0 rings (SSSR count). The van der Waals surface area contributed by atoms with E-state index in [1.54, 1.807) is 0 Å². The van der Waals surface area contributed by atoms with E-state index < -0.39 is 10.0 Å². The molecule has 0 unspecified atom stereocenters. The first-order chi connectivity index (χ1) is 16.1. The zero-order valence-corrected chi connectivity index (χ0v) is 23.8. The predicted octanol–water partition coefficient (Wildman–Crippen LogP) is 3.93. The topological polar surface area (TPSA) is 108 Å². The van der Waals surface area contributed by atoms with Crippen LogP contribution in [-0.2, 0) is 10.0 Å². The van der Waals surface area contributed by atoms with Crippen LogP contribution in [0.25, 0.3) is 0 Å². The highest BCUT2D eigenvalue weighted by Crippen LogP contribution is 2.10. The number of rotatable bonds is 28. The van der Waals surface area contributed by atoms with E-state index in [0.717, 1.165) is 84.3 Å². The van der Waals surface area contributed by atoms with Crippen LogP contribution in [0.2, 0.25) is 0 Å². The quantitative estimate of drug-likeness (QED) is 0.0986. The maximum Gasteiger partial charge on any atom is 0.211 e. The summed E-state index contributed by atoms with van der Waals surface area (Å²) in [4.78, 5) is 0. The molecule has 0 aliphatic rings. The van der Waals surface area contributed by atoms with Crippen molar-refractivity contribution in [3.63, 3.8) is 0 Å². The molecule has 0 aliphatic heterocycles. The van der Waals surface area contributed by atoms with Gasteiger partial charge in [-0.1, -0.05) is 64.7 Å². The number of hydrogen-bond donors (Lipinski definition) is 5. The Bertz CT molecular complexity index is 484. The lowest BCUT2D eigenvalue weighted by Gasteiger charge is -2.08. The Morgan fingerprint density at radius 2 is 0.941 bits per heavy atom. The summed E-state index contributed by atoms with van der Waals surface area (Å²) in [5, 5.41) is 10.3. The second-order valence-electron chi connectivity index (χ2n) is 9.20. The monoisotopic (exact) mass is 527 g/mol. The van der Waals surface area contributed by atoms with Crippen molar-refractivity contribution in [2.45, 2.75) is 103 Å². The highest BCUT2D eigenvalue weighted by Gasteiger charge is 2.08. The van der Waals surface area contributed by atoms with Crippen molar-refractivity contribution in [2.75, 3.05) is 58.1 Å². The average molecular weight is 528 g/mol. The zero-order valence-electron chi connectivity index (χ0n) is 22.2. The first kappa shape index (κ1) is 36.2. The van der Waals surface area contributed by atoms with E-state index in [1.165, 1.54) is 57.8 Å². The molecule has 0 heterocycles. The fraction of sp³-hybridized carbons (Fsp3) is 1.00. The number of sulfonamides is 1. The van der Waals surface area contributed by atoms with E-state index in [1.807, 2.05) is 0 Å². The molecule has 0 amide bonds. The van der Waals surface area contributed by atoms with Gasteiger partial charge in [0.2, 0.25) is 10.0 Å². The molecule has 0 saturated heterocycles. The lowest BCUT2D eigenvalue weighted by Crippen LogP contribution is -2.30. The molecule has 0 aromatic rings. The van der Waals surface area contributed by atoms with Crippen molar-refractivity contribution in [1.82, 2.24) is 20.7 Å². The fourth-order valence-electron chi connectivity index (χ4n) is 3.73. The molecule has 9 heteroatoms. The number of hydrogen-bond acceptors (Lipinski definition) is 6. The van der Waals surface area contributed by atoms with Crippen molar-refractivity contribution >= 4 is 22.4 Å². The molecule has 0 aromatic heterocycles. The van der Waals surface area contributed by atoms with Gasteiger partial charge in [0.05, 0.1) is 5.75 Å². The molecular formula is C25H58ClN5O2S. The molecule has 0 saturated carbocycles. The summed E-state index contributed by atoms with van der Waals surface area (Å²) in [6.07, 6.45) is 17.6. The van der Waals surface area contributed by atoms with Crippen LogP contribution in [-0.4, -0.2) is 66.5 Å². The molecule has 0 bridgehead atoms. The zero-order chi connectivity index (χ0) is 24.3. The molecule has 0 spiro atoms. The third-order valence-corrected chi connectivity index (χ3v) is 7.31. The highest BCUT2D eigenvalue weighted by atomic mass is 35.5. The van der Waals surface area contributed by atoms with E-state index >= 15 is 0 Å². The summed E-state index contributed by atoms with van der Waals surface area (Å²) in [5.41, 5.74) is 5.46. The molecule has 7 nitrogen and oxygen atoms in total. The second kappa shape index (κ2) is 29.3. The molecule has 0 atom stereocenters. The first-order valence-electron chi connectivity index (χ1n) is 13.9. The Balaban J connectivity index is 0. The third-order valence-electron chi connectivity index (χ3n) is 5.84. The van der Waals surface area contributed by atoms with Gasteiger partial charge in [-0.2, -0.15) is 0 Å². The van der Waals surface area contributed by atoms with Gasteiger partial charge in [-0.15, -0.1) is 12.4 Å². The Kier molecular flexibility index (Phi) is 31.2. The van der Waals surface area contributed by atoms with E-state index in [4.69, 9.17) is 5.73 Å². The van der Waals surface area contributed by atoms with E-state index in [2.05, 4.69) is 27.6 Å². The summed E-state index contributed by atoms with van der Waals surface area (Å²) in [6, 6.07) is 0. The van der Waals surface area contributed by atoms with Gasteiger partial charge in [-0.3, -0.25) is 0 Å². The van der Waals surface area contributed by atoms with Crippen LogP contribution in [0.3, 0.4) is 0 Å². The van der Waals surface area contributed by atoms with Crippen molar-refractivity contribution in [3.05, 3.63) is 0 Å². The maximum atomic E-state index is 12.1. The highest BCUT2D eigenvalue weighted by molar-refractivity contribution is 7.89. The molecule has 208 valence electrons. The molecule has 0 radical (unpaired) electrons. The number of halogens is 1. The van der Waals surface area contributed by atoms with Gasteiger partial charge >= 0.3 is 0 Å². The minimum atomic E-state index is -3.11. The average Bonchev–Trinajstić information content (AvgIpc) is 2.80. The van der Waals surface area contributed by atoms with Gasteiger partial charge in [-0.25, -0.2) is 13.1 Å². The summed E-state index contributed by atoms with van der Waals surface area (Å²) in [7, 11) is -3.11. The normalized spacial score (nSPS) is 11.6. The Morgan fingerprint density at radius 1 is 0.529 bits per heavy atom. The number of unbranched alkanes of at least 4 members (excludes halogenated alkanes) is 10. The van der Waals surface area contributed by atoms with Crippen LogP contribution in [0.4, 0.5) is 0 Å². The van der Waals surface area contributed by atoms with Gasteiger partial charge in [0.25, 0.3) is 0 Å². The van der Waals surface area contributed by atoms with Crippen LogP contribution in [0.5, 0.6) is 0 Å². The second-order valence-corrected chi connectivity index (χ2v) is 11.1.